The number of carbonyl (C=O) groups is 2. The van der Waals surface area contributed by atoms with E-state index in [1.54, 1.807) is 0 Å². The normalized spacial score (nSPS) is 18.4. The van der Waals surface area contributed by atoms with E-state index in [2.05, 4.69) is 10.6 Å². The van der Waals surface area contributed by atoms with Crippen molar-refractivity contribution < 1.29 is 14.7 Å². The van der Waals surface area contributed by atoms with Gasteiger partial charge >= 0.3 is 5.97 Å². The van der Waals surface area contributed by atoms with Crippen LogP contribution in [0.2, 0.25) is 0 Å². The molecule has 5 N–H and O–H groups in total. The van der Waals surface area contributed by atoms with Gasteiger partial charge in [0.15, 0.2) is 0 Å². The summed E-state index contributed by atoms with van der Waals surface area (Å²) in [4.78, 5) is 21.5. The second-order valence-corrected chi connectivity index (χ2v) is 3.48. The van der Waals surface area contributed by atoms with Gasteiger partial charge in [-0.05, 0) is 0 Å². The molecule has 0 radical (unpaired) electrons. The van der Waals surface area contributed by atoms with Crippen molar-refractivity contribution in [2.75, 3.05) is 19.6 Å². The van der Waals surface area contributed by atoms with Crippen molar-refractivity contribution in [3.05, 3.63) is 0 Å². The lowest BCUT2D eigenvalue weighted by atomic mass is 10.0. The van der Waals surface area contributed by atoms with Crippen LogP contribution in [0.25, 0.3) is 0 Å². The minimum absolute atomic E-state index is 0.157. The van der Waals surface area contributed by atoms with Gasteiger partial charge in [0.05, 0.1) is 6.42 Å². The Morgan fingerprint density at radius 1 is 1.57 bits per heavy atom. The Labute approximate surface area is 81.8 Å². The fraction of sp³-hybridized carbons (Fsp3) is 0.750. The summed E-state index contributed by atoms with van der Waals surface area (Å²) in [6, 6.07) is -1.10. The van der Waals surface area contributed by atoms with Crippen LogP contribution in [0.1, 0.15) is 6.42 Å². The Kier molecular flexibility index (Phi) is 3.84. The van der Waals surface area contributed by atoms with E-state index in [1.807, 2.05) is 0 Å². The van der Waals surface area contributed by atoms with Gasteiger partial charge in [-0.3, -0.25) is 9.59 Å². The average Bonchev–Trinajstić information content (AvgIpc) is 2.00. The van der Waals surface area contributed by atoms with Crippen molar-refractivity contribution in [2.24, 2.45) is 11.7 Å². The summed E-state index contributed by atoms with van der Waals surface area (Å²) in [6.07, 6.45) is -0.157. The highest BCUT2D eigenvalue weighted by atomic mass is 16.4. The number of amides is 1. The molecule has 80 valence electrons. The highest BCUT2D eigenvalue weighted by Crippen LogP contribution is 2.00. The molecule has 0 aliphatic carbocycles. The lowest BCUT2D eigenvalue weighted by Gasteiger charge is -2.27. The molecule has 1 aliphatic heterocycles. The molecule has 1 atom stereocenters. The van der Waals surface area contributed by atoms with Gasteiger partial charge in [-0.2, -0.15) is 0 Å². The monoisotopic (exact) mass is 201 g/mol. The molecular weight excluding hydrogens is 186 g/mol. The van der Waals surface area contributed by atoms with Crippen molar-refractivity contribution in [3.8, 4) is 0 Å². The van der Waals surface area contributed by atoms with Crippen molar-refractivity contribution >= 4 is 11.9 Å². The van der Waals surface area contributed by atoms with E-state index in [4.69, 9.17) is 10.8 Å². The van der Waals surface area contributed by atoms with Gasteiger partial charge < -0.3 is 21.5 Å². The molecule has 1 heterocycles. The quantitative estimate of drug-likeness (QED) is 0.417. The first-order valence-electron chi connectivity index (χ1n) is 4.55. The van der Waals surface area contributed by atoms with Crippen LogP contribution in [0, 0.1) is 5.92 Å². The Morgan fingerprint density at radius 3 is 2.64 bits per heavy atom. The fourth-order valence-electron chi connectivity index (χ4n) is 1.11. The number of carbonyl (C=O) groups excluding carboxylic acids is 1. The van der Waals surface area contributed by atoms with Crippen LogP contribution in [0.5, 0.6) is 0 Å². The van der Waals surface area contributed by atoms with Gasteiger partial charge in [-0.25, -0.2) is 0 Å². The van der Waals surface area contributed by atoms with Crippen LogP contribution in [0.15, 0.2) is 0 Å². The molecule has 1 amide bonds. The van der Waals surface area contributed by atoms with Crippen LogP contribution >= 0.6 is 0 Å². The van der Waals surface area contributed by atoms with Crippen LogP contribution in [-0.2, 0) is 9.59 Å². The number of aliphatic carboxylic acids is 1. The van der Waals surface area contributed by atoms with E-state index in [1.165, 1.54) is 0 Å². The first-order valence-corrected chi connectivity index (χ1v) is 4.55. The third-order valence-corrected chi connectivity index (χ3v) is 2.18. The molecule has 0 aromatic heterocycles. The van der Waals surface area contributed by atoms with Gasteiger partial charge in [0, 0.05) is 25.6 Å². The fourth-order valence-corrected chi connectivity index (χ4v) is 1.11. The van der Waals surface area contributed by atoms with Gasteiger partial charge in [-0.15, -0.1) is 0 Å². The number of hydrogen-bond acceptors (Lipinski definition) is 4. The molecule has 0 saturated carbocycles. The highest BCUT2D eigenvalue weighted by molar-refractivity contribution is 5.84. The Bertz CT molecular complexity index is 228. The molecule has 0 spiro atoms. The summed E-state index contributed by atoms with van der Waals surface area (Å²) in [5.41, 5.74) is 5.20. The SMILES string of the molecule is N[C@@H](CC(=O)NCC1CNC1)C(=O)O. The molecule has 0 unspecified atom stereocenters. The Balaban J connectivity index is 2.11. The van der Waals surface area contributed by atoms with E-state index in [9.17, 15) is 9.59 Å². The molecule has 14 heavy (non-hydrogen) atoms. The Morgan fingerprint density at radius 2 is 2.21 bits per heavy atom. The summed E-state index contributed by atoms with van der Waals surface area (Å²) in [6.45, 7) is 2.41. The number of nitrogens with one attached hydrogen (secondary N) is 2. The maximum atomic E-state index is 11.1. The number of nitrogens with two attached hydrogens (primary N) is 1. The Hall–Kier alpha value is -1.14. The zero-order valence-corrected chi connectivity index (χ0v) is 7.82. The molecule has 1 aliphatic rings. The second-order valence-electron chi connectivity index (χ2n) is 3.48. The van der Waals surface area contributed by atoms with Crippen LogP contribution in [-0.4, -0.2) is 42.7 Å². The van der Waals surface area contributed by atoms with E-state index in [0.717, 1.165) is 13.1 Å². The summed E-state index contributed by atoms with van der Waals surface area (Å²) >= 11 is 0. The lowest BCUT2D eigenvalue weighted by molar-refractivity contribution is -0.140. The lowest BCUT2D eigenvalue weighted by Crippen LogP contribution is -2.48. The molecule has 6 heteroatoms. The predicted octanol–water partition coefficient (Wildman–Crippen LogP) is -1.88. The van der Waals surface area contributed by atoms with Gasteiger partial charge in [0.25, 0.3) is 0 Å². The summed E-state index contributed by atoms with van der Waals surface area (Å²) in [5, 5.41) is 14.2. The third kappa shape index (κ3) is 3.31. The first-order chi connectivity index (χ1) is 6.59. The van der Waals surface area contributed by atoms with Crippen molar-refractivity contribution in [2.45, 2.75) is 12.5 Å². The minimum atomic E-state index is -1.15. The second kappa shape index (κ2) is 4.92. The number of carboxylic acid groups (broad SMARTS) is 1. The van der Waals surface area contributed by atoms with Crippen molar-refractivity contribution in [1.82, 2.24) is 10.6 Å². The van der Waals surface area contributed by atoms with Crippen molar-refractivity contribution in [1.29, 1.82) is 0 Å². The number of carboxylic acids is 1. The van der Waals surface area contributed by atoms with Crippen LogP contribution in [0.3, 0.4) is 0 Å². The zero-order valence-electron chi connectivity index (χ0n) is 7.82. The third-order valence-electron chi connectivity index (χ3n) is 2.18. The van der Waals surface area contributed by atoms with Crippen LogP contribution in [0.4, 0.5) is 0 Å². The number of hydrogen-bond donors (Lipinski definition) is 4. The molecule has 0 aromatic rings. The minimum Gasteiger partial charge on any atom is -0.480 e. The molecule has 0 bridgehead atoms. The molecule has 1 saturated heterocycles. The van der Waals surface area contributed by atoms with Crippen molar-refractivity contribution in [3.63, 3.8) is 0 Å². The molecular formula is C8H15N3O3. The largest absolute Gasteiger partial charge is 0.480 e. The smallest absolute Gasteiger partial charge is 0.321 e. The first kappa shape index (κ1) is 10.9. The van der Waals surface area contributed by atoms with Crippen LogP contribution < -0.4 is 16.4 Å². The molecule has 0 aromatic carbocycles. The van der Waals surface area contributed by atoms with E-state index in [0.29, 0.717) is 12.5 Å². The maximum absolute atomic E-state index is 11.1. The van der Waals surface area contributed by atoms with Gasteiger partial charge in [0.1, 0.15) is 6.04 Å². The van der Waals surface area contributed by atoms with Gasteiger partial charge in [-0.1, -0.05) is 0 Å². The standard InChI is InChI=1S/C8H15N3O3/c9-6(8(13)14)1-7(12)11-4-5-2-10-3-5/h5-6,10H,1-4,9H2,(H,11,12)(H,13,14)/t6-/m0/s1. The molecule has 1 rings (SSSR count). The number of rotatable bonds is 5. The molecule has 1 fully saturated rings. The summed E-state index contributed by atoms with van der Waals surface area (Å²) < 4.78 is 0. The predicted molar refractivity (Wildman–Crippen MR) is 49.6 cm³/mol. The van der Waals surface area contributed by atoms with E-state index >= 15 is 0 Å². The maximum Gasteiger partial charge on any atom is 0.321 e. The zero-order chi connectivity index (χ0) is 10.6. The highest BCUT2D eigenvalue weighted by Gasteiger charge is 2.19. The topological polar surface area (TPSA) is 104 Å². The summed E-state index contributed by atoms with van der Waals surface area (Å²) in [5.74, 6) is -0.975. The summed E-state index contributed by atoms with van der Waals surface area (Å²) in [7, 11) is 0. The average molecular weight is 201 g/mol. The van der Waals surface area contributed by atoms with E-state index in [-0.39, 0.29) is 12.3 Å². The molecule has 6 nitrogen and oxygen atoms in total. The van der Waals surface area contributed by atoms with Gasteiger partial charge in [0.2, 0.25) is 5.91 Å². The van der Waals surface area contributed by atoms with E-state index < -0.39 is 12.0 Å².